The fraction of sp³-hybridized carbons (Fsp3) is 0.185. The van der Waals surface area contributed by atoms with Gasteiger partial charge in [0.1, 0.15) is 17.9 Å². The Labute approximate surface area is 199 Å². The molecule has 174 valence electrons. The Kier molecular flexibility index (Phi) is 8.57. The second kappa shape index (κ2) is 11.6. The van der Waals surface area contributed by atoms with E-state index in [4.69, 9.17) is 16.3 Å². The Morgan fingerprint density at radius 3 is 1.56 bits per heavy atom. The van der Waals surface area contributed by atoms with Gasteiger partial charge >= 0.3 is 0 Å². The van der Waals surface area contributed by atoms with Crippen LogP contribution in [0.2, 0.25) is 0 Å². The highest BCUT2D eigenvalue weighted by Crippen LogP contribution is 2.22. The van der Waals surface area contributed by atoms with Crippen molar-refractivity contribution in [2.75, 3.05) is 6.61 Å². The maximum Gasteiger partial charge on any atom is 0.200 e. The SMILES string of the molecule is CCC[C@@H](Cl)COc1ccc(C#Cc2ccc(C#Cc3c(F)c(F)c(F)c(F)c3F)cc2)cc1. The fourth-order valence-corrected chi connectivity index (χ4v) is 3.13. The second-order valence-electron chi connectivity index (χ2n) is 7.24. The summed E-state index contributed by atoms with van der Waals surface area (Å²) in [4.78, 5) is 0. The zero-order valence-corrected chi connectivity index (χ0v) is 18.7. The fourth-order valence-electron chi connectivity index (χ4n) is 2.85. The van der Waals surface area contributed by atoms with E-state index in [9.17, 15) is 22.0 Å². The van der Waals surface area contributed by atoms with E-state index in [1.54, 1.807) is 24.3 Å². The Morgan fingerprint density at radius 1 is 0.676 bits per heavy atom. The van der Waals surface area contributed by atoms with Crippen LogP contribution in [0.25, 0.3) is 0 Å². The molecule has 3 aromatic rings. The Balaban J connectivity index is 1.68. The summed E-state index contributed by atoms with van der Waals surface area (Å²) in [5.74, 6) is 0.845. The molecule has 1 nitrogen and oxygen atoms in total. The molecule has 0 N–H and O–H groups in total. The number of halogens is 6. The number of alkyl halides is 1. The predicted octanol–water partition coefficient (Wildman–Crippen LogP) is 6.97. The molecule has 1 atom stereocenters. The molecule has 34 heavy (non-hydrogen) atoms. The van der Waals surface area contributed by atoms with Gasteiger partial charge < -0.3 is 4.74 Å². The van der Waals surface area contributed by atoms with E-state index < -0.39 is 34.6 Å². The van der Waals surface area contributed by atoms with Crippen LogP contribution < -0.4 is 4.74 Å². The van der Waals surface area contributed by atoms with Crippen molar-refractivity contribution in [2.45, 2.75) is 25.1 Å². The lowest BCUT2D eigenvalue weighted by Gasteiger charge is -2.10. The van der Waals surface area contributed by atoms with Gasteiger partial charge in [0, 0.05) is 16.7 Å². The molecule has 0 saturated carbocycles. The zero-order valence-electron chi connectivity index (χ0n) is 18.0. The van der Waals surface area contributed by atoms with Crippen molar-refractivity contribution in [1.29, 1.82) is 0 Å². The van der Waals surface area contributed by atoms with Crippen LogP contribution in [0, 0.1) is 52.8 Å². The lowest BCUT2D eigenvalue weighted by molar-refractivity contribution is 0.309. The van der Waals surface area contributed by atoms with Gasteiger partial charge in [-0.3, -0.25) is 0 Å². The van der Waals surface area contributed by atoms with Crippen molar-refractivity contribution < 1.29 is 26.7 Å². The molecule has 0 saturated heterocycles. The van der Waals surface area contributed by atoms with Crippen LogP contribution >= 0.6 is 11.6 Å². The third-order valence-corrected chi connectivity index (χ3v) is 5.01. The van der Waals surface area contributed by atoms with E-state index in [1.807, 2.05) is 18.1 Å². The van der Waals surface area contributed by atoms with Gasteiger partial charge in [0.2, 0.25) is 5.82 Å². The van der Waals surface area contributed by atoms with Crippen molar-refractivity contribution >= 4 is 11.6 Å². The Bertz CT molecular complexity index is 1250. The Morgan fingerprint density at radius 2 is 1.09 bits per heavy atom. The largest absolute Gasteiger partial charge is 0.492 e. The second-order valence-corrected chi connectivity index (χ2v) is 7.86. The van der Waals surface area contributed by atoms with Gasteiger partial charge in [-0.15, -0.1) is 11.6 Å². The summed E-state index contributed by atoms with van der Waals surface area (Å²) >= 11 is 6.14. The van der Waals surface area contributed by atoms with Crippen LogP contribution in [-0.2, 0) is 0 Å². The van der Waals surface area contributed by atoms with E-state index in [0.717, 1.165) is 18.4 Å². The summed E-state index contributed by atoms with van der Waals surface area (Å²) in [6.45, 7) is 2.49. The topological polar surface area (TPSA) is 9.23 Å². The molecule has 0 bridgehead atoms. The molecule has 0 unspecified atom stereocenters. The molecule has 0 radical (unpaired) electrons. The van der Waals surface area contributed by atoms with Crippen LogP contribution in [0.15, 0.2) is 48.5 Å². The zero-order chi connectivity index (χ0) is 24.7. The molecule has 0 amide bonds. The lowest BCUT2D eigenvalue weighted by atomic mass is 10.1. The first-order chi connectivity index (χ1) is 16.3. The molecule has 0 aliphatic heterocycles. The monoisotopic (exact) mass is 488 g/mol. The molecule has 3 rings (SSSR count). The summed E-state index contributed by atoms with van der Waals surface area (Å²) in [7, 11) is 0. The smallest absolute Gasteiger partial charge is 0.200 e. The number of hydrogen-bond donors (Lipinski definition) is 0. The van der Waals surface area contributed by atoms with Crippen molar-refractivity contribution in [3.8, 4) is 29.4 Å². The van der Waals surface area contributed by atoms with E-state index in [0.29, 0.717) is 23.5 Å². The summed E-state index contributed by atoms with van der Waals surface area (Å²) < 4.78 is 72.7. The number of rotatable bonds is 5. The maximum absolute atomic E-state index is 13.7. The highest BCUT2D eigenvalue weighted by molar-refractivity contribution is 6.20. The van der Waals surface area contributed by atoms with Crippen LogP contribution in [0.3, 0.4) is 0 Å². The minimum absolute atomic E-state index is 0.0341. The molecule has 0 aromatic heterocycles. The van der Waals surface area contributed by atoms with Crippen molar-refractivity contribution in [2.24, 2.45) is 0 Å². The average molecular weight is 489 g/mol. The maximum atomic E-state index is 13.7. The first-order valence-electron chi connectivity index (χ1n) is 10.3. The quantitative estimate of drug-likeness (QED) is 0.124. The van der Waals surface area contributed by atoms with E-state index in [1.165, 1.54) is 12.1 Å². The molecule has 0 aliphatic carbocycles. The number of ether oxygens (including phenoxy) is 1. The average Bonchev–Trinajstić information content (AvgIpc) is 2.85. The van der Waals surface area contributed by atoms with Gasteiger partial charge in [-0.25, -0.2) is 22.0 Å². The predicted molar refractivity (Wildman–Crippen MR) is 121 cm³/mol. The molecule has 0 fully saturated rings. The molecule has 0 spiro atoms. The highest BCUT2D eigenvalue weighted by Gasteiger charge is 2.24. The molecular weight excluding hydrogens is 471 g/mol. The molecule has 3 aromatic carbocycles. The van der Waals surface area contributed by atoms with Gasteiger partial charge in [0.05, 0.1) is 5.38 Å². The highest BCUT2D eigenvalue weighted by atomic mass is 35.5. The number of hydrogen-bond acceptors (Lipinski definition) is 1. The Hall–Kier alpha value is -3.48. The first-order valence-corrected chi connectivity index (χ1v) is 10.8. The summed E-state index contributed by atoms with van der Waals surface area (Å²) in [6.07, 6.45) is 1.87. The van der Waals surface area contributed by atoms with Crippen LogP contribution in [0.5, 0.6) is 5.75 Å². The number of benzene rings is 3. The van der Waals surface area contributed by atoms with Crippen LogP contribution in [0.4, 0.5) is 22.0 Å². The molecule has 7 heteroatoms. The van der Waals surface area contributed by atoms with E-state index in [2.05, 4.69) is 24.7 Å². The van der Waals surface area contributed by atoms with Crippen LogP contribution in [-0.4, -0.2) is 12.0 Å². The normalized spacial score (nSPS) is 11.1. The third kappa shape index (κ3) is 6.31. The van der Waals surface area contributed by atoms with Gasteiger partial charge in [-0.05, 0) is 55.0 Å². The molecule has 0 aliphatic rings. The third-order valence-electron chi connectivity index (χ3n) is 4.66. The van der Waals surface area contributed by atoms with Gasteiger partial charge in [-0.2, -0.15) is 0 Å². The molecule has 0 heterocycles. The van der Waals surface area contributed by atoms with Gasteiger partial charge in [0.25, 0.3) is 0 Å². The summed E-state index contributed by atoms with van der Waals surface area (Å²) in [5, 5.41) is -0.0341. The van der Waals surface area contributed by atoms with Gasteiger partial charge in [-0.1, -0.05) is 37.0 Å². The van der Waals surface area contributed by atoms with E-state index in [-0.39, 0.29) is 5.38 Å². The minimum Gasteiger partial charge on any atom is -0.492 e. The van der Waals surface area contributed by atoms with Crippen molar-refractivity contribution in [3.63, 3.8) is 0 Å². The standard InChI is InChI=1S/C27H18ClF5O/c1-2-3-20(28)16-34-21-13-10-19(11-14-21)9-6-17-4-7-18(8-5-17)12-15-22-23(29)25(31)27(33)26(32)24(22)30/h4-5,7-8,10-11,13-14,20H,2-3,16H2,1H3/t20-/m1/s1. The van der Waals surface area contributed by atoms with Crippen LogP contribution in [0.1, 0.15) is 42.0 Å². The molecular formula is C27H18ClF5O. The first kappa shape index (κ1) is 25.1. The van der Waals surface area contributed by atoms with Gasteiger partial charge in [0.15, 0.2) is 23.3 Å². The lowest BCUT2D eigenvalue weighted by Crippen LogP contribution is -2.11. The van der Waals surface area contributed by atoms with E-state index >= 15 is 0 Å². The van der Waals surface area contributed by atoms with Crippen molar-refractivity contribution in [3.05, 3.63) is 99.9 Å². The van der Waals surface area contributed by atoms with Crippen molar-refractivity contribution in [1.82, 2.24) is 0 Å². The minimum atomic E-state index is -2.22. The summed E-state index contributed by atoms with van der Waals surface area (Å²) in [5.41, 5.74) is 0.543. The summed E-state index contributed by atoms with van der Waals surface area (Å²) in [6, 6.07) is 13.5.